The van der Waals surface area contributed by atoms with Gasteiger partial charge in [-0.1, -0.05) is 6.07 Å². The molecule has 1 aromatic rings. The molecule has 1 aliphatic heterocycles. The fourth-order valence-corrected chi connectivity index (χ4v) is 2.49. The molecule has 0 aliphatic carbocycles. The number of benzene rings is 1. The predicted molar refractivity (Wildman–Crippen MR) is 76.6 cm³/mol. The van der Waals surface area contributed by atoms with Crippen molar-refractivity contribution in [1.29, 1.82) is 0 Å². The smallest absolute Gasteiger partial charge is 0.414 e. The van der Waals surface area contributed by atoms with Crippen LogP contribution >= 0.6 is 0 Å². The number of anilines is 1. The Morgan fingerprint density at radius 3 is 2.63 bits per heavy atom. The number of amides is 1. The average Bonchev–Trinajstić information content (AvgIpc) is 2.36. The van der Waals surface area contributed by atoms with Crippen LogP contribution in [-0.2, 0) is 4.74 Å². The number of ether oxygens (including phenoxy) is 1. The number of hydrogen-bond donors (Lipinski definition) is 1. The quantitative estimate of drug-likeness (QED) is 0.906. The average molecular weight is 262 g/mol. The molecule has 4 heteroatoms. The van der Waals surface area contributed by atoms with E-state index in [0.717, 1.165) is 25.2 Å². The van der Waals surface area contributed by atoms with Crippen LogP contribution in [0, 0.1) is 19.8 Å². The van der Waals surface area contributed by atoms with Gasteiger partial charge in [0.25, 0.3) is 0 Å². The molecule has 1 heterocycles. The summed E-state index contributed by atoms with van der Waals surface area (Å²) in [6, 6.07) is 6.18. The standard InChI is InChI=1S/C15H22N2O2/c1-11-6-12(2)8-14(7-11)17-9-13(4-5-16-3)10-19-15(17)18/h6-8,13,16H,4-5,9-10H2,1-3H3. The van der Waals surface area contributed by atoms with E-state index in [4.69, 9.17) is 4.74 Å². The molecule has 19 heavy (non-hydrogen) atoms. The van der Waals surface area contributed by atoms with Gasteiger partial charge in [-0.05, 0) is 57.1 Å². The van der Waals surface area contributed by atoms with E-state index in [9.17, 15) is 4.79 Å². The highest BCUT2D eigenvalue weighted by molar-refractivity contribution is 5.88. The molecule has 1 unspecified atom stereocenters. The first-order chi connectivity index (χ1) is 9.10. The summed E-state index contributed by atoms with van der Waals surface area (Å²) < 4.78 is 5.29. The second-order valence-electron chi connectivity index (χ2n) is 5.29. The molecule has 1 aliphatic rings. The Bertz CT molecular complexity index is 439. The number of carbonyl (C=O) groups excluding carboxylic acids is 1. The van der Waals surface area contributed by atoms with E-state index in [2.05, 4.69) is 11.4 Å². The van der Waals surface area contributed by atoms with Gasteiger partial charge in [-0.25, -0.2) is 4.79 Å². The van der Waals surface area contributed by atoms with E-state index < -0.39 is 0 Å². The normalized spacial score (nSPS) is 19.4. The number of rotatable bonds is 4. The lowest BCUT2D eigenvalue weighted by Gasteiger charge is -2.32. The molecular formula is C15H22N2O2. The Morgan fingerprint density at radius 2 is 2.00 bits per heavy atom. The lowest BCUT2D eigenvalue weighted by Crippen LogP contribution is -2.43. The summed E-state index contributed by atoms with van der Waals surface area (Å²) in [5, 5.41) is 3.14. The van der Waals surface area contributed by atoms with Gasteiger partial charge in [0.05, 0.1) is 6.61 Å². The summed E-state index contributed by atoms with van der Waals surface area (Å²) >= 11 is 0. The number of nitrogens with zero attached hydrogens (tertiary/aromatic N) is 1. The predicted octanol–water partition coefficient (Wildman–Crippen LogP) is 2.49. The minimum Gasteiger partial charge on any atom is -0.449 e. The fraction of sp³-hybridized carbons (Fsp3) is 0.533. The van der Waals surface area contributed by atoms with Crippen LogP contribution in [0.4, 0.5) is 10.5 Å². The zero-order chi connectivity index (χ0) is 13.8. The Morgan fingerprint density at radius 1 is 1.32 bits per heavy atom. The number of nitrogens with one attached hydrogen (secondary N) is 1. The molecule has 0 spiro atoms. The Kier molecular flexibility index (Phi) is 4.43. The molecule has 0 aromatic heterocycles. The van der Waals surface area contributed by atoms with Gasteiger partial charge in [0, 0.05) is 18.2 Å². The second-order valence-corrected chi connectivity index (χ2v) is 5.29. The molecule has 0 saturated carbocycles. The van der Waals surface area contributed by atoms with Crippen LogP contribution in [0.2, 0.25) is 0 Å². The van der Waals surface area contributed by atoms with Gasteiger partial charge in [-0.3, -0.25) is 4.90 Å². The Labute approximate surface area is 114 Å². The lowest BCUT2D eigenvalue weighted by atomic mass is 10.0. The van der Waals surface area contributed by atoms with E-state index >= 15 is 0 Å². The third-order valence-corrected chi connectivity index (χ3v) is 3.42. The van der Waals surface area contributed by atoms with Gasteiger partial charge < -0.3 is 10.1 Å². The summed E-state index contributed by atoms with van der Waals surface area (Å²) in [4.78, 5) is 13.7. The number of aryl methyl sites for hydroxylation is 2. The molecule has 1 amide bonds. The van der Waals surface area contributed by atoms with Crippen molar-refractivity contribution in [2.24, 2.45) is 5.92 Å². The van der Waals surface area contributed by atoms with Crippen molar-refractivity contribution >= 4 is 11.8 Å². The number of cyclic esters (lactones) is 1. The summed E-state index contributed by atoms with van der Waals surface area (Å²) in [7, 11) is 1.94. The third kappa shape index (κ3) is 3.47. The highest BCUT2D eigenvalue weighted by Crippen LogP contribution is 2.24. The van der Waals surface area contributed by atoms with Crippen molar-refractivity contribution in [1.82, 2.24) is 5.32 Å². The Balaban J connectivity index is 2.14. The van der Waals surface area contributed by atoms with Gasteiger partial charge in [-0.2, -0.15) is 0 Å². The largest absolute Gasteiger partial charge is 0.449 e. The van der Waals surface area contributed by atoms with Crippen LogP contribution in [0.1, 0.15) is 17.5 Å². The third-order valence-electron chi connectivity index (χ3n) is 3.42. The first-order valence-corrected chi connectivity index (χ1v) is 6.77. The molecule has 0 bridgehead atoms. The van der Waals surface area contributed by atoms with Crippen LogP contribution in [0.15, 0.2) is 18.2 Å². The topological polar surface area (TPSA) is 41.6 Å². The zero-order valence-corrected chi connectivity index (χ0v) is 11.9. The van der Waals surface area contributed by atoms with Crippen LogP contribution < -0.4 is 10.2 Å². The number of carbonyl (C=O) groups is 1. The monoisotopic (exact) mass is 262 g/mol. The molecule has 1 saturated heterocycles. The van der Waals surface area contributed by atoms with E-state index in [1.54, 1.807) is 4.90 Å². The van der Waals surface area contributed by atoms with E-state index in [1.807, 2.05) is 33.0 Å². The highest BCUT2D eigenvalue weighted by Gasteiger charge is 2.28. The number of hydrogen-bond acceptors (Lipinski definition) is 3. The first kappa shape index (κ1) is 13.9. The molecule has 1 atom stereocenters. The first-order valence-electron chi connectivity index (χ1n) is 6.77. The van der Waals surface area contributed by atoms with Crippen molar-refractivity contribution < 1.29 is 9.53 Å². The SMILES string of the molecule is CNCCC1COC(=O)N(c2cc(C)cc(C)c2)C1. The van der Waals surface area contributed by atoms with Crippen molar-refractivity contribution in [3.05, 3.63) is 29.3 Å². The van der Waals surface area contributed by atoms with Gasteiger partial charge in [-0.15, -0.1) is 0 Å². The summed E-state index contributed by atoms with van der Waals surface area (Å²) in [6.07, 6.45) is 0.788. The maximum atomic E-state index is 11.9. The van der Waals surface area contributed by atoms with E-state index in [1.165, 1.54) is 11.1 Å². The maximum Gasteiger partial charge on any atom is 0.414 e. The molecule has 1 fully saturated rings. The zero-order valence-electron chi connectivity index (χ0n) is 11.9. The van der Waals surface area contributed by atoms with Gasteiger partial charge in [0.15, 0.2) is 0 Å². The molecular weight excluding hydrogens is 240 g/mol. The Hall–Kier alpha value is -1.55. The van der Waals surface area contributed by atoms with Gasteiger partial charge in [0.1, 0.15) is 0 Å². The fourth-order valence-electron chi connectivity index (χ4n) is 2.49. The van der Waals surface area contributed by atoms with Gasteiger partial charge >= 0.3 is 6.09 Å². The van der Waals surface area contributed by atoms with Crippen LogP contribution in [0.5, 0.6) is 0 Å². The minimum absolute atomic E-state index is 0.231. The van der Waals surface area contributed by atoms with Crippen LogP contribution in [-0.4, -0.2) is 32.8 Å². The van der Waals surface area contributed by atoms with Gasteiger partial charge in [0.2, 0.25) is 0 Å². The van der Waals surface area contributed by atoms with Crippen molar-refractivity contribution in [3.8, 4) is 0 Å². The van der Waals surface area contributed by atoms with E-state index in [0.29, 0.717) is 12.5 Å². The summed E-state index contributed by atoms with van der Waals surface area (Å²) in [5.41, 5.74) is 3.27. The van der Waals surface area contributed by atoms with Crippen LogP contribution in [0.25, 0.3) is 0 Å². The molecule has 1 N–H and O–H groups in total. The van der Waals surface area contributed by atoms with Crippen molar-refractivity contribution in [3.63, 3.8) is 0 Å². The summed E-state index contributed by atoms with van der Waals surface area (Å²) in [6.45, 7) is 6.31. The van der Waals surface area contributed by atoms with E-state index in [-0.39, 0.29) is 6.09 Å². The van der Waals surface area contributed by atoms with Crippen molar-refractivity contribution in [2.75, 3.05) is 31.6 Å². The summed E-state index contributed by atoms with van der Waals surface area (Å²) in [5.74, 6) is 0.394. The molecule has 104 valence electrons. The molecule has 0 radical (unpaired) electrons. The minimum atomic E-state index is -0.231. The molecule has 1 aromatic carbocycles. The second kappa shape index (κ2) is 6.06. The lowest BCUT2D eigenvalue weighted by molar-refractivity contribution is 0.112. The van der Waals surface area contributed by atoms with Crippen molar-refractivity contribution in [2.45, 2.75) is 20.3 Å². The van der Waals surface area contributed by atoms with Crippen LogP contribution in [0.3, 0.4) is 0 Å². The molecule has 2 rings (SSSR count). The maximum absolute atomic E-state index is 11.9. The highest BCUT2D eigenvalue weighted by atomic mass is 16.6. The molecule has 4 nitrogen and oxygen atoms in total.